The Bertz CT molecular complexity index is 613. The lowest BCUT2D eigenvalue weighted by Gasteiger charge is -2.08. The monoisotopic (exact) mass is 354 g/mol. The summed E-state index contributed by atoms with van der Waals surface area (Å²) >= 11 is 11.2. The highest BCUT2D eigenvalue weighted by Crippen LogP contribution is 2.31. The maximum atomic E-state index is 11.6. The summed E-state index contributed by atoms with van der Waals surface area (Å²) in [7, 11) is 0. The molecule has 0 N–H and O–H groups in total. The molecule has 98 valence electrons. The number of halogens is 2. The lowest BCUT2D eigenvalue weighted by atomic mass is 10.1. The molecule has 0 spiro atoms. The summed E-state index contributed by atoms with van der Waals surface area (Å²) in [6, 6.07) is 13.5. The highest BCUT2D eigenvalue weighted by molar-refractivity contribution is 9.10. The normalized spacial score (nSPS) is 10.5. The molecule has 1 nitrogen and oxygen atoms in total. The van der Waals surface area contributed by atoms with Crippen LogP contribution in [0.25, 0.3) is 0 Å². The third-order valence-electron chi connectivity index (χ3n) is 2.66. The molecule has 0 fully saturated rings. The van der Waals surface area contributed by atoms with Crippen LogP contribution in [0, 0.1) is 0 Å². The van der Waals surface area contributed by atoms with Crippen LogP contribution in [0.4, 0.5) is 0 Å². The van der Waals surface area contributed by atoms with E-state index in [1.54, 1.807) is 18.7 Å². The lowest BCUT2D eigenvalue weighted by molar-refractivity contribution is 0.101. The Morgan fingerprint density at radius 2 is 2.00 bits per heavy atom. The number of carbonyl (C=O) groups is 1. The van der Waals surface area contributed by atoms with E-state index in [4.69, 9.17) is 11.6 Å². The summed E-state index contributed by atoms with van der Waals surface area (Å²) in [4.78, 5) is 12.6. The van der Waals surface area contributed by atoms with Gasteiger partial charge in [0.1, 0.15) is 0 Å². The van der Waals surface area contributed by atoms with Crippen LogP contribution in [-0.4, -0.2) is 5.78 Å². The number of rotatable bonds is 4. The zero-order chi connectivity index (χ0) is 13.8. The molecular weight excluding hydrogens is 344 g/mol. The molecule has 0 aliphatic carbocycles. The van der Waals surface area contributed by atoms with E-state index >= 15 is 0 Å². The first kappa shape index (κ1) is 14.6. The van der Waals surface area contributed by atoms with Gasteiger partial charge in [-0.15, -0.1) is 11.8 Å². The molecule has 2 aromatic carbocycles. The predicted molar refractivity (Wildman–Crippen MR) is 85.2 cm³/mol. The number of hydrogen-bond acceptors (Lipinski definition) is 2. The molecule has 19 heavy (non-hydrogen) atoms. The third-order valence-corrected chi connectivity index (χ3v) is 4.63. The Kier molecular flexibility index (Phi) is 5.08. The molecule has 0 aliphatic rings. The van der Waals surface area contributed by atoms with Crippen molar-refractivity contribution < 1.29 is 4.79 Å². The van der Waals surface area contributed by atoms with Gasteiger partial charge in [-0.05, 0) is 36.8 Å². The molecule has 0 aliphatic heterocycles. The van der Waals surface area contributed by atoms with Crippen molar-refractivity contribution in [1.82, 2.24) is 0 Å². The molecule has 0 atom stereocenters. The van der Waals surface area contributed by atoms with Gasteiger partial charge < -0.3 is 0 Å². The minimum atomic E-state index is 0.0779. The van der Waals surface area contributed by atoms with E-state index in [1.165, 1.54) is 0 Å². The fourth-order valence-corrected chi connectivity index (χ4v) is 3.61. The van der Waals surface area contributed by atoms with Crippen LogP contribution < -0.4 is 0 Å². The van der Waals surface area contributed by atoms with Gasteiger partial charge in [0.2, 0.25) is 0 Å². The molecular formula is C15H12BrClOS. The van der Waals surface area contributed by atoms with Gasteiger partial charge in [-0.25, -0.2) is 0 Å². The number of benzene rings is 2. The SMILES string of the molecule is CC(=O)c1ccc(Br)cc1SCc1ccccc1Cl. The quantitative estimate of drug-likeness (QED) is 0.524. The topological polar surface area (TPSA) is 17.1 Å². The third kappa shape index (κ3) is 3.85. The van der Waals surface area contributed by atoms with Gasteiger partial charge in [0.05, 0.1) is 0 Å². The second-order valence-electron chi connectivity index (χ2n) is 4.08. The molecule has 0 amide bonds. The summed E-state index contributed by atoms with van der Waals surface area (Å²) in [5.74, 6) is 0.824. The molecule has 0 aromatic heterocycles. The molecule has 2 rings (SSSR count). The molecule has 4 heteroatoms. The van der Waals surface area contributed by atoms with Gasteiger partial charge in [-0.3, -0.25) is 4.79 Å². The predicted octanol–water partition coefficient (Wildman–Crippen LogP) is 5.60. The van der Waals surface area contributed by atoms with Crippen molar-refractivity contribution in [3.63, 3.8) is 0 Å². The lowest BCUT2D eigenvalue weighted by Crippen LogP contribution is -1.95. The van der Waals surface area contributed by atoms with E-state index in [0.29, 0.717) is 0 Å². The highest BCUT2D eigenvalue weighted by atomic mass is 79.9. The molecule has 0 saturated heterocycles. The van der Waals surface area contributed by atoms with E-state index < -0.39 is 0 Å². The minimum Gasteiger partial charge on any atom is -0.294 e. The number of carbonyl (C=O) groups excluding carboxylic acids is 1. The van der Waals surface area contributed by atoms with Crippen molar-refractivity contribution in [2.24, 2.45) is 0 Å². The molecule has 0 heterocycles. The first-order valence-electron chi connectivity index (χ1n) is 5.74. The van der Waals surface area contributed by atoms with Crippen molar-refractivity contribution in [2.45, 2.75) is 17.6 Å². The maximum absolute atomic E-state index is 11.6. The van der Waals surface area contributed by atoms with Crippen LogP contribution in [0.15, 0.2) is 51.8 Å². The van der Waals surface area contributed by atoms with Crippen molar-refractivity contribution in [3.8, 4) is 0 Å². The average Bonchev–Trinajstić information content (AvgIpc) is 2.37. The van der Waals surface area contributed by atoms with Crippen molar-refractivity contribution >= 4 is 45.1 Å². The standard InChI is InChI=1S/C15H12BrClOS/c1-10(18)13-7-6-12(16)8-15(13)19-9-11-4-2-3-5-14(11)17/h2-8H,9H2,1H3. The van der Waals surface area contributed by atoms with E-state index in [9.17, 15) is 4.79 Å². The Balaban J connectivity index is 2.22. The Morgan fingerprint density at radius 1 is 1.26 bits per heavy atom. The zero-order valence-electron chi connectivity index (χ0n) is 10.3. The number of hydrogen-bond donors (Lipinski definition) is 0. The first-order chi connectivity index (χ1) is 9.08. The molecule has 0 unspecified atom stereocenters. The first-order valence-corrected chi connectivity index (χ1v) is 7.90. The van der Waals surface area contributed by atoms with Crippen molar-refractivity contribution in [3.05, 3.63) is 63.1 Å². The van der Waals surface area contributed by atoms with Gasteiger partial charge in [0, 0.05) is 25.7 Å². The van der Waals surface area contributed by atoms with Crippen LogP contribution in [0.2, 0.25) is 5.02 Å². The van der Waals surface area contributed by atoms with E-state index in [0.717, 1.165) is 31.3 Å². The summed E-state index contributed by atoms with van der Waals surface area (Å²) < 4.78 is 0.971. The highest BCUT2D eigenvalue weighted by Gasteiger charge is 2.09. The van der Waals surface area contributed by atoms with Gasteiger partial charge >= 0.3 is 0 Å². The van der Waals surface area contributed by atoms with Gasteiger partial charge in [0.25, 0.3) is 0 Å². The van der Waals surface area contributed by atoms with Gasteiger partial charge in [-0.2, -0.15) is 0 Å². The van der Waals surface area contributed by atoms with Crippen molar-refractivity contribution in [2.75, 3.05) is 0 Å². The summed E-state index contributed by atoms with van der Waals surface area (Å²) in [5, 5.41) is 0.759. The van der Waals surface area contributed by atoms with Crippen LogP contribution in [0.3, 0.4) is 0 Å². The van der Waals surface area contributed by atoms with Gasteiger partial charge in [-0.1, -0.05) is 45.7 Å². The average molecular weight is 356 g/mol. The summed E-state index contributed by atoms with van der Waals surface area (Å²) in [6.45, 7) is 1.59. The fourth-order valence-electron chi connectivity index (χ4n) is 1.68. The minimum absolute atomic E-state index is 0.0779. The van der Waals surface area contributed by atoms with Crippen molar-refractivity contribution in [1.29, 1.82) is 0 Å². The van der Waals surface area contributed by atoms with Gasteiger partial charge in [0.15, 0.2) is 5.78 Å². The number of thioether (sulfide) groups is 1. The molecule has 2 aromatic rings. The van der Waals surface area contributed by atoms with Crippen LogP contribution >= 0.6 is 39.3 Å². The summed E-state index contributed by atoms with van der Waals surface area (Å²) in [6.07, 6.45) is 0. The largest absolute Gasteiger partial charge is 0.294 e. The Morgan fingerprint density at radius 3 is 2.68 bits per heavy atom. The second kappa shape index (κ2) is 6.60. The molecule has 0 bridgehead atoms. The Hall–Kier alpha value is -0.770. The zero-order valence-corrected chi connectivity index (χ0v) is 13.5. The number of Topliss-reactive ketones (excluding diaryl/α,β-unsaturated/α-hetero) is 1. The fraction of sp³-hybridized carbons (Fsp3) is 0.133. The smallest absolute Gasteiger partial charge is 0.160 e. The van der Waals surface area contributed by atoms with E-state index in [2.05, 4.69) is 15.9 Å². The number of ketones is 1. The maximum Gasteiger partial charge on any atom is 0.160 e. The van der Waals surface area contributed by atoms with E-state index in [-0.39, 0.29) is 5.78 Å². The molecule has 0 saturated carbocycles. The summed E-state index contributed by atoms with van der Waals surface area (Å²) in [5.41, 5.74) is 1.82. The van der Waals surface area contributed by atoms with Crippen LogP contribution in [-0.2, 0) is 5.75 Å². The van der Waals surface area contributed by atoms with Crippen LogP contribution in [0.1, 0.15) is 22.8 Å². The second-order valence-corrected chi connectivity index (χ2v) is 6.42. The van der Waals surface area contributed by atoms with Crippen LogP contribution in [0.5, 0.6) is 0 Å². The van der Waals surface area contributed by atoms with E-state index in [1.807, 2.05) is 42.5 Å². The molecule has 0 radical (unpaired) electrons. The Labute approximate surface area is 130 Å².